The summed E-state index contributed by atoms with van der Waals surface area (Å²) in [7, 11) is -2.69. The molecule has 35 heavy (non-hydrogen) atoms. The normalized spacial score (nSPS) is 11.2. The zero-order valence-corrected chi connectivity index (χ0v) is 20.4. The van der Waals surface area contributed by atoms with E-state index in [1.165, 1.54) is 6.07 Å². The molecular formula is C26H21FN4O2S2. The summed E-state index contributed by atoms with van der Waals surface area (Å²) in [6.07, 6.45) is 1.76. The molecule has 0 bridgehead atoms. The summed E-state index contributed by atoms with van der Waals surface area (Å²) >= 11 is 1.58. The SMILES string of the molecule is Cc1cc(-c2ncc(NCc3ccc(N[SH](=O)=O)cc3)cc2-c2ccc3ncsc3c2)ccc1F. The van der Waals surface area contributed by atoms with Gasteiger partial charge in [0.2, 0.25) is 10.9 Å². The number of aromatic nitrogens is 2. The van der Waals surface area contributed by atoms with Gasteiger partial charge < -0.3 is 5.32 Å². The molecule has 0 atom stereocenters. The Balaban J connectivity index is 1.48. The summed E-state index contributed by atoms with van der Waals surface area (Å²) < 4.78 is 39.0. The molecule has 6 nitrogen and oxygen atoms in total. The van der Waals surface area contributed by atoms with Crippen molar-refractivity contribution in [3.05, 3.63) is 95.4 Å². The molecule has 2 N–H and O–H groups in total. The maximum absolute atomic E-state index is 13.9. The van der Waals surface area contributed by atoms with Crippen molar-refractivity contribution >= 4 is 43.8 Å². The number of thiazole rings is 1. The molecule has 0 saturated heterocycles. The maximum Gasteiger partial charge on any atom is 0.222 e. The average molecular weight is 505 g/mol. The molecule has 0 aliphatic rings. The monoisotopic (exact) mass is 504 g/mol. The highest BCUT2D eigenvalue weighted by Gasteiger charge is 2.13. The Hall–Kier alpha value is -3.82. The largest absolute Gasteiger partial charge is 0.380 e. The first-order valence-electron chi connectivity index (χ1n) is 10.8. The van der Waals surface area contributed by atoms with Crippen molar-refractivity contribution in [3.8, 4) is 22.4 Å². The van der Waals surface area contributed by atoms with E-state index >= 15 is 0 Å². The molecule has 5 aromatic rings. The van der Waals surface area contributed by atoms with Crippen molar-refractivity contribution in [2.45, 2.75) is 13.5 Å². The van der Waals surface area contributed by atoms with Gasteiger partial charge in [-0.1, -0.05) is 18.2 Å². The zero-order chi connectivity index (χ0) is 24.4. The molecule has 0 fully saturated rings. The molecule has 176 valence electrons. The van der Waals surface area contributed by atoms with Crippen LogP contribution in [0.1, 0.15) is 11.1 Å². The number of anilines is 2. The fourth-order valence-corrected chi connectivity index (χ4v) is 4.91. The van der Waals surface area contributed by atoms with Crippen LogP contribution in [0.2, 0.25) is 0 Å². The van der Waals surface area contributed by atoms with Crippen LogP contribution in [-0.4, -0.2) is 18.4 Å². The van der Waals surface area contributed by atoms with E-state index in [9.17, 15) is 12.8 Å². The molecule has 0 radical (unpaired) electrons. The lowest BCUT2D eigenvalue weighted by Crippen LogP contribution is -2.02. The summed E-state index contributed by atoms with van der Waals surface area (Å²) in [5.74, 6) is -0.247. The minimum absolute atomic E-state index is 0.247. The first kappa shape index (κ1) is 22.9. The van der Waals surface area contributed by atoms with Crippen molar-refractivity contribution in [3.63, 3.8) is 0 Å². The third-order valence-electron chi connectivity index (χ3n) is 5.63. The molecule has 9 heteroatoms. The van der Waals surface area contributed by atoms with Crippen LogP contribution in [0.25, 0.3) is 32.6 Å². The third kappa shape index (κ3) is 5.16. The molecule has 2 heterocycles. The Kier molecular flexibility index (Phi) is 6.43. The smallest absolute Gasteiger partial charge is 0.222 e. The first-order valence-corrected chi connectivity index (χ1v) is 12.9. The summed E-state index contributed by atoms with van der Waals surface area (Å²) in [6.45, 7) is 2.28. The summed E-state index contributed by atoms with van der Waals surface area (Å²) in [6, 6.07) is 20.3. The van der Waals surface area contributed by atoms with E-state index in [0.29, 0.717) is 17.8 Å². The molecular weight excluding hydrogens is 483 g/mol. The lowest BCUT2D eigenvalue weighted by atomic mass is 9.97. The minimum atomic E-state index is -2.69. The number of nitrogens with zero attached hydrogens (tertiary/aromatic N) is 2. The van der Waals surface area contributed by atoms with Crippen LogP contribution in [0.3, 0.4) is 0 Å². The molecule has 0 unspecified atom stereocenters. The van der Waals surface area contributed by atoms with E-state index < -0.39 is 10.9 Å². The molecule has 0 amide bonds. The standard InChI is InChI=1S/C26H21FN4O2S2/c1-16-10-19(4-8-23(16)27)26-22(18-5-9-24-25(11-18)34-15-30-24)12-21(14-29-26)28-13-17-2-6-20(7-3-17)31-35(32)33/h2-12,14-15,28,35H,13H2,1H3,(H,31,32,33). The number of pyridine rings is 1. The van der Waals surface area contributed by atoms with Crippen LogP contribution in [0.5, 0.6) is 0 Å². The molecule has 0 aliphatic carbocycles. The molecule has 5 rings (SSSR count). The Morgan fingerprint density at radius 1 is 0.914 bits per heavy atom. The second-order valence-corrected chi connectivity index (χ2v) is 9.66. The van der Waals surface area contributed by atoms with Gasteiger partial charge in [0.25, 0.3) is 0 Å². The van der Waals surface area contributed by atoms with Gasteiger partial charge in [0.1, 0.15) is 5.82 Å². The summed E-state index contributed by atoms with van der Waals surface area (Å²) in [4.78, 5) is 9.12. The molecule has 0 saturated carbocycles. The van der Waals surface area contributed by atoms with Gasteiger partial charge in [0.15, 0.2) is 0 Å². The van der Waals surface area contributed by atoms with Gasteiger partial charge in [-0.2, -0.15) is 0 Å². The second-order valence-electron chi connectivity index (χ2n) is 8.04. The van der Waals surface area contributed by atoms with Crippen LogP contribution >= 0.6 is 11.3 Å². The number of nitrogens with one attached hydrogen (secondary N) is 2. The minimum Gasteiger partial charge on any atom is -0.380 e. The van der Waals surface area contributed by atoms with Crippen LogP contribution in [0.4, 0.5) is 15.8 Å². The van der Waals surface area contributed by atoms with Crippen molar-refractivity contribution in [1.82, 2.24) is 9.97 Å². The second kappa shape index (κ2) is 9.81. The Morgan fingerprint density at radius 2 is 1.71 bits per heavy atom. The predicted octanol–water partition coefficient (Wildman–Crippen LogP) is 6.02. The van der Waals surface area contributed by atoms with E-state index in [4.69, 9.17) is 4.98 Å². The third-order valence-corrected chi connectivity index (χ3v) is 6.86. The Bertz CT molecular complexity index is 1590. The van der Waals surface area contributed by atoms with Crippen molar-refractivity contribution < 1.29 is 12.8 Å². The molecule has 0 aliphatic heterocycles. The fraction of sp³-hybridized carbons (Fsp3) is 0.0769. The zero-order valence-electron chi connectivity index (χ0n) is 18.7. The number of benzene rings is 3. The molecule has 3 aromatic carbocycles. The number of hydrogen-bond donors (Lipinski definition) is 3. The highest BCUT2D eigenvalue weighted by Crippen LogP contribution is 2.35. The summed E-state index contributed by atoms with van der Waals surface area (Å²) in [5, 5.41) is 3.39. The van der Waals surface area contributed by atoms with Crippen molar-refractivity contribution in [2.75, 3.05) is 10.0 Å². The van der Waals surface area contributed by atoms with E-state index in [2.05, 4.69) is 21.1 Å². The Morgan fingerprint density at radius 3 is 2.49 bits per heavy atom. The van der Waals surface area contributed by atoms with Gasteiger partial charge in [-0.3, -0.25) is 9.71 Å². The molecule has 0 spiro atoms. The number of hydrogen-bond acceptors (Lipinski definition) is 6. The van der Waals surface area contributed by atoms with Crippen molar-refractivity contribution in [1.29, 1.82) is 0 Å². The van der Waals surface area contributed by atoms with Crippen LogP contribution < -0.4 is 10.0 Å². The van der Waals surface area contributed by atoms with E-state index in [-0.39, 0.29) is 5.82 Å². The number of thiol groups is 1. The quantitative estimate of drug-likeness (QED) is 0.236. The van der Waals surface area contributed by atoms with Gasteiger partial charge in [-0.15, -0.1) is 11.3 Å². The van der Waals surface area contributed by atoms with Crippen LogP contribution in [-0.2, 0) is 17.4 Å². The summed E-state index contributed by atoms with van der Waals surface area (Å²) in [5.41, 5.74) is 9.21. The lowest BCUT2D eigenvalue weighted by molar-refractivity contribution is 0.618. The van der Waals surface area contributed by atoms with Gasteiger partial charge in [0.05, 0.1) is 33.3 Å². The van der Waals surface area contributed by atoms with Crippen LogP contribution in [0, 0.1) is 12.7 Å². The van der Waals surface area contributed by atoms with Gasteiger partial charge in [0, 0.05) is 23.4 Å². The van der Waals surface area contributed by atoms with Crippen molar-refractivity contribution in [2.24, 2.45) is 0 Å². The maximum atomic E-state index is 13.9. The topological polar surface area (TPSA) is 84.0 Å². The van der Waals surface area contributed by atoms with E-state index in [0.717, 1.165) is 43.9 Å². The number of rotatable bonds is 7. The molecule has 2 aromatic heterocycles. The fourth-order valence-electron chi connectivity index (χ4n) is 3.83. The van der Waals surface area contributed by atoms with Gasteiger partial charge in [-0.05, 0) is 72.1 Å². The highest BCUT2D eigenvalue weighted by atomic mass is 32.2. The van der Waals surface area contributed by atoms with E-state index in [1.54, 1.807) is 42.7 Å². The van der Waals surface area contributed by atoms with Gasteiger partial charge in [-0.25, -0.2) is 17.8 Å². The lowest BCUT2D eigenvalue weighted by Gasteiger charge is -2.14. The number of fused-ring (bicyclic) bond motifs is 1. The first-order chi connectivity index (χ1) is 17.0. The average Bonchev–Trinajstić information content (AvgIpc) is 3.33. The van der Waals surface area contributed by atoms with E-state index in [1.807, 2.05) is 41.9 Å². The predicted molar refractivity (Wildman–Crippen MR) is 141 cm³/mol. The highest BCUT2D eigenvalue weighted by molar-refractivity contribution is 7.73. The Labute approximate surface area is 207 Å². The van der Waals surface area contributed by atoms with Gasteiger partial charge >= 0.3 is 0 Å². The number of halogens is 1. The van der Waals surface area contributed by atoms with Crippen LogP contribution in [0.15, 0.2) is 78.4 Å². The number of aryl methyl sites for hydroxylation is 1.